The van der Waals surface area contributed by atoms with E-state index >= 15 is 0 Å². The van der Waals surface area contributed by atoms with E-state index in [1.807, 2.05) is 0 Å². The Hall–Kier alpha value is -1.95. The van der Waals surface area contributed by atoms with E-state index in [1.54, 1.807) is 23.1 Å². The summed E-state index contributed by atoms with van der Waals surface area (Å²) in [5, 5.41) is 3.07. The van der Waals surface area contributed by atoms with Crippen LogP contribution in [0.15, 0.2) is 24.3 Å². The van der Waals surface area contributed by atoms with Gasteiger partial charge in [0, 0.05) is 19.6 Å². The van der Waals surface area contributed by atoms with Gasteiger partial charge in [0.2, 0.25) is 11.8 Å². The maximum absolute atomic E-state index is 14.1. The lowest BCUT2D eigenvalue weighted by molar-refractivity contribution is -0.129. The topological polar surface area (TPSA) is 52.7 Å². The number of rotatable bonds is 8. The summed E-state index contributed by atoms with van der Waals surface area (Å²) in [7, 11) is 0. The van der Waals surface area contributed by atoms with Crippen molar-refractivity contribution in [1.82, 2.24) is 10.2 Å². The van der Waals surface area contributed by atoms with Crippen LogP contribution in [0.1, 0.15) is 51.9 Å². The minimum atomic E-state index is -0.365. The number of nitrogens with one attached hydrogen (secondary N) is 1. The first kappa shape index (κ1) is 20.8. The van der Waals surface area contributed by atoms with Gasteiger partial charge in [0.1, 0.15) is 5.82 Å². The summed E-state index contributed by atoms with van der Waals surface area (Å²) in [6.45, 7) is 4.87. The van der Waals surface area contributed by atoms with Crippen molar-refractivity contribution in [2.45, 2.75) is 57.9 Å². The molecule has 3 rings (SSSR count). The molecule has 154 valence electrons. The Labute approximate surface area is 167 Å². The third-order valence-corrected chi connectivity index (χ3v) is 5.91. The molecule has 2 aliphatic rings. The molecule has 6 heteroatoms. The Balaban J connectivity index is 1.53. The third kappa shape index (κ3) is 4.90. The Kier molecular flexibility index (Phi) is 7.43. The fourth-order valence-corrected chi connectivity index (χ4v) is 4.32. The summed E-state index contributed by atoms with van der Waals surface area (Å²) in [4.78, 5) is 29.1. The van der Waals surface area contributed by atoms with Crippen molar-refractivity contribution in [3.8, 4) is 0 Å². The first-order valence-corrected chi connectivity index (χ1v) is 10.7. The molecule has 2 saturated heterocycles. The number of benzene rings is 1. The minimum Gasteiger partial charge on any atom is -0.356 e. The summed E-state index contributed by atoms with van der Waals surface area (Å²) in [6.07, 6.45) is 7.02. The summed E-state index contributed by atoms with van der Waals surface area (Å²) in [5.41, 5.74) is 0.355. The van der Waals surface area contributed by atoms with Crippen molar-refractivity contribution in [1.29, 1.82) is 0 Å². The van der Waals surface area contributed by atoms with Crippen LogP contribution < -0.4 is 10.2 Å². The molecule has 0 bridgehead atoms. The van der Waals surface area contributed by atoms with Crippen molar-refractivity contribution in [3.63, 3.8) is 0 Å². The van der Waals surface area contributed by atoms with E-state index in [1.165, 1.54) is 18.9 Å². The van der Waals surface area contributed by atoms with E-state index in [2.05, 4.69) is 17.1 Å². The Bertz CT molecular complexity index is 682. The highest BCUT2D eigenvalue weighted by Crippen LogP contribution is 2.29. The van der Waals surface area contributed by atoms with Crippen LogP contribution in [0.4, 0.5) is 10.1 Å². The highest BCUT2D eigenvalue weighted by molar-refractivity contribution is 5.99. The molecule has 1 N–H and O–H groups in total. The zero-order valence-corrected chi connectivity index (χ0v) is 16.8. The van der Waals surface area contributed by atoms with Gasteiger partial charge in [-0.25, -0.2) is 4.39 Å². The average Bonchev–Trinajstić information content (AvgIpc) is 3.09. The summed E-state index contributed by atoms with van der Waals surface area (Å²) < 4.78 is 14.1. The van der Waals surface area contributed by atoms with E-state index in [-0.39, 0.29) is 29.6 Å². The van der Waals surface area contributed by atoms with E-state index < -0.39 is 0 Å². The molecule has 1 aromatic carbocycles. The van der Waals surface area contributed by atoms with Gasteiger partial charge in [0.25, 0.3) is 0 Å². The smallest absolute Gasteiger partial charge is 0.244 e. The van der Waals surface area contributed by atoms with Gasteiger partial charge in [0.15, 0.2) is 0 Å². The van der Waals surface area contributed by atoms with Crippen molar-refractivity contribution in [2.75, 3.05) is 31.1 Å². The van der Waals surface area contributed by atoms with Crippen LogP contribution in [0.25, 0.3) is 0 Å². The maximum atomic E-state index is 14.1. The maximum Gasteiger partial charge on any atom is 0.244 e. The molecule has 2 aliphatic heterocycles. The van der Waals surface area contributed by atoms with Crippen molar-refractivity contribution in [3.05, 3.63) is 30.1 Å². The number of carbonyl (C=O) groups is 2. The number of hydrogen-bond donors (Lipinski definition) is 1. The van der Waals surface area contributed by atoms with Crippen molar-refractivity contribution >= 4 is 17.5 Å². The van der Waals surface area contributed by atoms with Gasteiger partial charge in [0.05, 0.1) is 17.6 Å². The van der Waals surface area contributed by atoms with Crippen LogP contribution in [-0.2, 0) is 9.59 Å². The number of halogens is 1. The summed E-state index contributed by atoms with van der Waals surface area (Å²) >= 11 is 0. The van der Waals surface area contributed by atoms with E-state index in [0.717, 1.165) is 38.8 Å². The van der Waals surface area contributed by atoms with Crippen LogP contribution in [0, 0.1) is 11.7 Å². The second kappa shape index (κ2) is 10.0. The van der Waals surface area contributed by atoms with Gasteiger partial charge < -0.3 is 10.2 Å². The fraction of sp³-hybridized carbons (Fsp3) is 0.636. The second-order valence-corrected chi connectivity index (χ2v) is 7.93. The normalized spacial score (nSPS) is 23.2. The molecule has 1 aromatic rings. The Morgan fingerprint density at radius 1 is 1.18 bits per heavy atom. The predicted octanol–water partition coefficient (Wildman–Crippen LogP) is 3.34. The van der Waals surface area contributed by atoms with Crippen LogP contribution in [0.5, 0.6) is 0 Å². The largest absolute Gasteiger partial charge is 0.356 e. The molecule has 2 heterocycles. The van der Waals surface area contributed by atoms with Gasteiger partial charge >= 0.3 is 0 Å². The molecule has 2 atom stereocenters. The monoisotopic (exact) mass is 389 g/mol. The highest BCUT2D eigenvalue weighted by Gasteiger charge is 2.40. The molecule has 0 aromatic heterocycles. The number of piperidine rings is 1. The number of nitrogens with zero attached hydrogens (tertiary/aromatic N) is 2. The molecule has 2 fully saturated rings. The van der Waals surface area contributed by atoms with Gasteiger partial charge in [-0.3, -0.25) is 14.5 Å². The van der Waals surface area contributed by atoms with Crippen LogP contribution >= 0.6 is 0 Å². The number of carbonyl (C=O) groups excluding carboxylic acids is 2. The second-order valence-electron chi connectivity index (χ2n) is 7.93. The Morgan fingerprint density at radius 2 is 2.00 bits per heavy atom. The van der Waals surface area contributed by atoms with Crippen LogP contribution in [0.2, 0.25) is 0 Å². The molecule has 0 spiro atoms. The third-order valence-electron chi connectivity index (χ3n) is 5.91. The quantitative estimate of drug-likeness (QED) is 0.694. The number of likely N-dealkylation sites (tertiary alicyclic amines) is 1. The van der Waals surface area contributed by atoms with Crippen molar-refractivity contribution in [2.24, 2.45) is 5.92 Å². The molecule has 0 aliphatic carbocycles. The lowest BCUT2D eigenvalue weighted by atomic mass is 9.95. The summed E-state index contributed by atoms with van der Waals surface area (Å²) in [5.74, 6) is -0.367. The minimum absolute atomic E-state index is 0.0503. The van der Waals surface area contributed by atoms with Gasteiger partial charge in [-0.15, -0.1) is 0 Å². The van der Waals surface area contributed by atoms with Crippen LogP contribution in [0.3, 0.4) is 0 Å². The van der Waals surface area contributed by atoms with E-state index in [4.69, 9.17) is 0 Å². The average molecular weight is 390 g/mol. The zero-order chi connectivity index (χ0) is 19.9. The van der Waals surface area contributed by atoms with Gasteiger partial charge in [-0.05, 0) is 44.4 Å². The number of anilines is 1. The van der Waals surface area contributed by atoms with Gasteiger partial charge in [-0.2, -0.15) is 0 Å². The number of unbranched alkanes of at least 4 members (excludes halogenated alkanes) is 3. The molecule has 2 unspecified atom stereocenters. The van der Waals surface area contributed by atoms with E-state index in [9.17, 15) is 14.0 Å². The highest BCUT2D eigenvalue weighted by atomic mass is 19.1. The van der Waals surface area contributed by atoms with Crippen molar-refractivity contribution < 1.29 is 14.0 Å². The lowest BCUT2D eigenvalue weighted by Crippen LogP contribution is -2.50. The number of hydrogen-bond acceptors (Lipinski definition) is 3. The molecular weight excluding hydrogens is 357 g/mol. The molecule has 0 saturated carbocycles. The number of para-hydroxylation sites is 1. The molecule has 2 amide bonds. The molecule has 0 radical (unpaired) electrons. The lowest BCUT2D eigenvalue weighted by Gasteiger charge is -2.35. The predicted molar refractivity (Wildman–Crippen MR) is 109 cm³/mol. The fourth-order valence-electron chi connectivity index (χ4n) is 4.32. The standard InChI is InChI=1S/C22H32FN3O2/c1-2-3-4-7-13-24-21(27)17-9-8-14-25(16-17)20-12-15-26(22(20)28)19-11-6-5-10-18(19)23/h5-6,10-11,17,20H,2-4,7-9,12-16H2,1H3,(H,24,27). The summed E-state index contributed by atoms with van der Waals surface area (Å²) in [6, 6.07) is 6.17. The zero-order valence-electron chi connectivity index (χ0n) is 16.8. The van der Waals surface area contributed by atoms with Gasteiger partial charge in [-0.1, -0.05) is 38.3 Å². The van der Waals surface area contributed by atoms with E-state index in [0.29, 0.717) is 25.2 Å². The van der Waals surface area contributed by atoms with Crippen LogP contribution in [-0.4, -0.2) is 48.9 Å². The molecule has 5 nitrogen and oxygen atoms in total. The SMILES string of the molecule is CCCCCCNC(=O)C1CCCN(C2CCN(c3ccccc3F)C2=O)C1. The molecular formula is C22H32FN3O2. The molecule has 28 heavy (non-hydrogen) atoms. The first-order chi connectivity index (χ1) is 13.6. The Morgan fingerprint density at radius 3 is 2.79 bits per heavy atom. The number of amides is 2. The first-order valence-electron chi connectivity index (χ1n) is 10.7.